The van der Waals surface area contributed by atoms with Gasteiger partial charge in [-0.05, 0) is 0 Å². The molecule has 0 spiro atoms. The molecule has 1 nitrogen and oxygen atoms in total. The minimum atomic E-state index is -0.284. The Morgan fingerprint density at radius 1 is 0.824 bits per heavy atom. The monoisotopic (exact) mass is 361 g/mol. The SMILES string of the molecule is CN(C)c1ccc([Te]c2ccc(Cl)cc2)cc1. The first-order chi connectivity index (χ1) is 8.15. The Kier molecular flexibility index (Phi) is 4.34. The summed E-state index contributed by atoms with van der Waals surface area (Å²) >= 11 is 5.60. The molecule has 17 heavy (non-hydrogen) atoms. The van der Waals surface area contributed by atoms with Crippen molar-refractivity contribution in [1.29, 1.82) is 0 Å². The molecule has 88 valence electrons. The molecular formula is C14H14ClNTe. The van der Waals surface area contributed by atoms with Crippen LogP contribution >= 0.6 is 11.6 Å². The number of benzene rings is 2. The standard InChI is InChI=1S/C14H14ClNTe/c1-16(2)12-5-9-14(10-6-12)17-13-7-3-11(15)4-8-13/h3-10H,1-2H3. The predicted octanol–water partition coefficient (Wildman–Crippen LogP) is 2.06. The van der Waals surface area contributed by atoms with E-state index in [9.17, 15) is 0 Å². The van der Waals surface area contributed by atoms with Crippen molar-refractivity contribution in [2.24, 2.45) is 0 Å². The molecule has 0 aliphatic carbocycles. The summed E-state index contributed by atoms with van der Waals surface area (Å²) in [5, 5.41) is 0.809. The van der Waals surface area contributed by atoms with E-state index in [1.54, 1.807) is 0 Å². The molecule has 0 amide bonds. The summed E-state index contributed by atoms with van der Waals surface area (Å²) in [7, 11) is 4.12. The van der Waals surface area contributed by atoms with Crippen LogP contribution in [0.1, 0.15) is 0 Å². The van der Waals surface area contributed by atoms with Crippen molar-refractivity contribution in [3.8, 4) is 0 Å². The third-order valence-electron chi connectivity index (χ3n) is 2.40. The Morgan fingerprint density at radius 2 is 1.29 bits per heavy atom. The van der Waals surface area contributed by atoms with Crippen molar-refractivity contribution in [2.75, 3.05) is 19.0 Å². The van der Waals surface area contributed by atoms with E-state index in [0.29, 0.717) is 0 Å². The molecule has 0 aliphatic rings. The van der Waals surface area contributed by atoms with Crippen LogP contribution in [0.25, 0.3) is 0 Å². The third kappa shape index (κ3) is 3.64. The van der Waals surface area contributed by atoms with Gasteiger partial charge in [0.2, 0.25) is 0 Å². The number of hydrogen-bond donors (Lipinski definition) is 0. The van der Waals surface area contributed by atoms with Gasteiger partial charge in [0.25, 0.3) is 0 Å². The zero-order valence-corrected chi connectivity index (χ0v) is 12.9. The molecule has 0 aliphatic heterocycles. The van der Waals surface area contributed by atoms with Crippen LogP contribution in [-0.2, 0) is 0 Å². The van der Waals surface area contributed by atoms with E-state index in [1.165, 1.54) is 12.9 Å². The molecule has 0 N–H and O–H groups in total. The van der Waals surface area contributed by atoms with Gasteiger partial charge < -0.3 is 0 Å². The number of anilines is 1. The van der Waals surface area contributed by atoms with E-state index in [0.717, 1.165) is 5.02 Å². The van der Waals surface area contributed by atoms with E-state index in [4.69, 9.17) is 11.6 Å². The second-order valence-electron chi connectivity index (χ2n) is 3.94. The average molecular weight is 359 g/mol. The predicted molar refractivity (Wildman–Crippen MR) is 77.2 cm³/mol. The quantitative estimate of drug-likeness (QED) is 0.759. The van der Waals surface area contributed by atoms with Crippen LogP contribution in [0, 0.1) is 0 Å². The molecule has 0 fully saturated rings. The van der Waals surface area contributed by atoms with Gasteiger partial charge in [0.15, 0.2) is 0 Å². The van der Waals surface area contributed by atoms with Gasteiger partial charge in [0, 0.05) is 0 Å². The molecule has 3 heteroatoms. The van der Waals surface area contributed by atoms with Gasteiger partial charge >= 0.3 is 118 Å². The molecular weight excluding hydrogens is 345 g/mol. The summed E-state index contributed by atoms with van der Waals surface area (Å²) in [4.78, 5) is 2.12. The normalized spacial score (nSPS) is 10.3. The van der Waals surface area contributed by atoms with Crippen molar-refractivity contribution in [1.82, 2.24) is 0 Å². The minimum absolute atomic E-state index is 0.284. The maximum absolute atomic E-state index is 5.88. The molecule has 0 aromatic heterocycles. The Morgan fingerprint density at radius 3 is 1.76 bits per heavy atom. The number of halogens is 1. The first-order valence-electron chi connectivity index (χ1n) is 5.36. The van der Waals surface area contributed by atoms with Crippen molar-refractivity contribution in [2.45, 2.75) is 0 Å². The average Bonchev–Trinajstić information content (AvgIpc) is 2.33. The van der Waals surface area contributed by atoms with Crippen molar-refractivity contribution in [3.05, 3.63) is 53.6 Å². The fourth-order valence-corrected chi connectivity index (χ4v) is 3.91. The first kappa shape index (κ1) is 12.8. The van der Waals surface area contributed by atoms with Gasteiger partial charge in [-0.1, -0.05) is 0 Å². The molecule has 0 saturated carbocycles. The zero-order chi connectivity index (χ0) is 12.3. The van der Waals surface area contributed by atoms with Gasteiger partial charge in [-0.3, -0.25) is 0 Å². The summed E-state index contributed by atoms with van der Waals surface area (Å²) in [6.45, 7) is 0. The van der Waals surface area contributed by atoms with Crippen LogP contribution < -0.4 is 12.1 Å². The van der Waals surface area contributed by atoms with Crippen LogP contribution in [-0.4, -0.2) is 35.0 Å². The summed E-state index contributed by atoms with van der Waals surface area (Å²) in [5.41, 5.74) is 1.25. The van der Waals surface area contributed by atoms with E-state index in [2.05, 4.69) is 55.4 Å². The summed E-state index contributed by atoms with van der Waals surface area (Å²) in [6.07, 6.45) is 0. The Bertz CT molecular complexity index is 477. The third-order valence-corrected chi connectivity index (χ3v) is 5.55. The molecule has 0 saturated heterocycles. The van der Waals surface area contributed by atoms with E-state index in [-0.39, 0.29) is 20.9 Å². The van der Waals surface area contributed by atoms with Gasteiger partial charge in [0.05, 0.1) is 0 Å². The van der Waals surface area contributed by atoms with Gasteiger partial charge in [-0.15, -0.1) is 0 Å². The van der Waals surface area contributed by atoms with Crippen LogP contribution in [0.4, 0.5) is 5.69 Å². The van der Waals surface area contributed by atoms with Crippen molar-refractivity contribution in [3.63, 3.8) is 0 Å². The topological polar surface area (TPSA) is 3.24 Å². The fraction of sp³-hybridized carbons (Fsp3) is 0.143. The molecule has 0 atom stereocenters. The summed E-state index contributed by atoms with van der Waals surface area (Å²) in [6, 6.07) is 17.0. The molecule has 0 radical (unpaired) electrons. The Labute approximate surface area is 117 Å². The molecule has 0 heterocycles. The van der Waals surface area contributed by atoms with Crippen molar-refractivity contribution < 1.29 is 0 Å². The fourth-order valence-electron chi connectivity index (χ4n) is 1.45. The second kappa shape index (κ2) is 5.78. The Balaban J connectivity index is 2.11. The molecule has 2 aromatic carbocycles. The van der Waals surface area contributed by atoms with Gasteiger partial charge in [-0.2, -0.15) is 0 Å². The van der Waals surface area contributed by atoms with Crippen LogP contribution in [0.3, 0.4) is 0 Å². The van der Waals surface area contributed by atoms with E-state index < -0.39 is 0 Å². The number of nitrogens with zero attached hydrogens (tertiary/aromatic N) is 1. The summed E-state index contributed by atoms with van der Waals surface area (Å²) in [5.74, 6) is 0. The first-order valence-corrected chi connectivity index (χ1v) is 8.07. The molecule has 0 unspecified atom stereocenters. The summed E-state index contributed by atoms with van der Waals surface area (Å²) < 4.78 is 2.86. The molecule has 2 aromatic rings. The van der Waals surface area contributed by atoms with E-state index >= 15 is 0 Å². The Hall–Kier alpha value is -0.680. The molecule has 2 rings (SSSR count). The van der Waals surface area contributed by atoms with Crippen molar-refractivity contribution >= 4 is 45.4 Å². The molecule has 0 bridgehead atoms. The zero-order valence-electron chi connectivity index (χ0n) is 9.85. The maximum atomic E-state index is 5.88. The van der Waals surface area contributed by atoms with Gasteiger partial charge in [-0.25, -0.2) is 0 Å². The van der Waals surface area contributed by atoms with Gasteiger partial charge in [0.1, 0.15) is 0 Å². The second-order valence-corrected chi connectivity index (χ2v) is 7.65. The van der Waals surface area contributed by atoms with Crippen LogP contribution in [0.5, 0.6) is 0 Å². The number of rotatable bonds is 3. The van der Waals surface area contributed by atoms with Crippen LogP contribution in [0.15, 0.2) is 48.5 Å². The van der Waals surface area contributed by atoms with E-state index in [1.807, 2.05) is 12.1 Å². The number of hydrogen-bond acceptors (Lipinski definition) is 1. The van der Waals surface area contributed by atoms with Crippen LogP contribution in [0.2, 0.25) is 5.02 Å².